The number of benzene rings is 1. The lowest BCUT2D eigenvalue weighted by Crippen LogP contribution is -2.40. The van der Waals surface area contributed by atoms with Gasteiger partial charge in [0, 0.05) is 23.9 Å². The summed E-state index contributed by atoms with van der Waals surface area (Å²) in [6.45, 7) is 4.08. The fraction of sp³-hybridized carbons (Fsp3) is 0.389. The van der Waals surface area contributed by atoms with Crippen molar-refractivity contribution >= 4 is 22.9 Å². The Morgan fingerprint density at radius 2 is 2.08 bits per heavy atom. The first-order valence-corrected chi connectivity index (χ1v) is 8.73. The number of ether oxygens (including phenoxy) is 1. The molecule has 6 heteroatoms. The third kappa shape index (κ3) is 5.06. The SMILES string of the molecule is COc1ccccc1NC(=O)C[C@H](C)NC[C@](C)(O)c1cccs1. The summed E-state index contributed by atoms with van der Waals surface area (Å²) in [5, 5.41) is 18.5. The second-order valence-corrected chi connectivity index (χ2v) is 6.93. The molecule has 3 N–H and O–H groups in total. The van der Waals surface area contributed by atoms with Gasteiger partial charge in [-0.3, -0.25) is 4.79 Å². The first kappa shape index (κ1) is 18.4. The number of amides is 1. The highest BCUT2D eigenvalue weighted by Crippen LogP contribution is 2.25. The van der Waals surface area contributed by atoms with Gasteiger partial charge in [-0.25, -0.2) is 0 Å². The maximum absolute atomic E-state index is 12.2. The average Bonchev–Trinajstić information content (AvgIpc) is 3.09. The van der Waals surface area contributed by atoms with Gasteiger partial charge in [0.1, 0.15) is 11.4 Å². The lowest BCUT2D eigenvalue weighted by Gasteiger charge is -2.25. The summed E-state index contributed by atoms with van der Waals surface area (Å²) in [5.41, 5.74) is -0.288. The van der Waals surface area contributed by atoms with E-state index >= 15 is 0 Å². The van der Waals surface area contributed by atoms with E-state index in [9.17, 15) is 9.90 Å². The molecule has 0 spiro atoms. The Hall–Kier alpha value is -1.89. The van der Waals surface area contributed by atoms with Crippen LogP contribution in [0.1, 0.15) is 25.1 Å². The van der Waals surface area contributed by atoms with Crippen LogP contribution in [0.25, 0.3) is 0 Å². The minimum atomic E-state index is -0.943. The molecule has 1 aromatic heterocycles. The van der Waals surface area contributed by atoms with Crippen LogP contribution in [-0.2, 0) is 10.4 Å². The smallest absolute Gasteiger partial charge is 0.226 e. The predicted octanol–water partition coefficient (Wildman–Crippen LogP) is 2.97. The van der Waals surface area contributed by atoms with E-state index in [0.29, 0.717) is 24.4 Å². The first-order valence-electron chi connectivity index (χ1n) is 7.85. The van der Waals surface area contributed by atoms with Gasteiger partial charge in [0.25, 0.3) is 0 Å². The Morgan fingerprint density at radius 1 is 1.33 bits per heavy atom. The van der Waals surface area contributed by atoms with Gasteiger partial charge < -0.3 is 20.5 Å². The molecular weight excluding hydrogens is 324 g/mol. The highest BCUT2D eigenvalue weighted by atomic mass is 32.1. The molecule has 1 amide bonds. The van der Waals surface area contributed by atoms with Crippen molar-refractivity contribution in [2.24, 2.45) is 0 Å². The van der Waals surface area contributed by atoms with Gasteiger partial charge in [-0.2, -0.15) is 0 Å². The molecular formula is C18H24N2O3S. The van der Waals surface area contributed by atoms with E-state index in [4.69, 9.17) is 4.74 Å². The third-order valence-electron chi connectivity index (χ3n) is 3.72. The first-order chi connectivity index (χ1) is 11.4. The number of anilines is 1. The molecule has 24 heavy (non-hydrogen) atoms. The Morgan fingerprint density at radius 3 is 2.75 bits per heavy atom. The van der Waals surface area contributed by atoms with Crippen molar-refractivity contribution in [3.8, 4) is 5.75 Å². The number of carbonyl (C=O) groups excluding carboxylic acids is 1. The highest BCUT2D eigenvalue weighted by Gasteiger charge is 2.25. The van der Waals surface area contributed by atoms with E-state index in [0.717, 1.165) is 4.88 Å². The molecule has 2 aromatic rings. The van der Waals surface area contributed by atoms with Gasteiger partial charge in [0.15, 0.2) is 0 Å². The van der Waals surface area contributed by atoms with Gasteiger partial charge in [-0.1, -0.05) is 18.2 Å². The van der Waals surface area contributed by atoms with Gasteiger partial charge >= 0.3 is 0 Å². The molecule has 0 bridgehead atoms. The number of methoxy groups -OCH3 is 1. The maximum atomic E-state index is 12.2. The van der Waals surface area contributed by atoms with Crippen molar-refractivity contribution in [3.05, 3.63) is 46.7 Å². The molecule has 0 fully saturated rings. The second kappa shape index (κ2) is 8.28. The van der Waals surface area contributed by atoms with Crippen LogP contribution in [0.4, 0.5) is 5.69 Å². The number of carbonyl (C=O) groups is 1. The number of rotatable bonds is 8. The lowest BCUT2D eigenvalue weighted by atomic mass is 10.0. The normalized spacial score (nSPS) is 14.7. The summed E-state index contributed by atoms with van der Waals surface area (Å²) >= 11 is 1.52. The summed E-state index contributed by atoms with van der Waals surface area (Å²) in [4.78, 5) is 13.1. The van der Waals surface area contributed by atoms with E-state index < -0.39 is 5.60 Å². The Kier molecular flexibility index (Phi) is 6.36. The van der Waals surface area contributed by atoms with E-state index in [1.54, 1.807) is 26.2 Å². The molecule has 1 heterocycles. The van der Waals surface area contributed by atoms with Crippen molar-refractivity contribution in [1.29, 1.82) is 0 Å². The van der Waals surface area contributed by atoms with Crippen molar-refractivity contribution in [2.75, 3.05) is 19.0 Å². The fourth-order valence-electron chi connectivity index (χ4n) is 2.34. The highest BCUT2D eigenvalue weighted by molar-refractivity contribution is 7.10. The van der Waals surface area contributed by atoms with Crippen LogP contribution in [0.5, 0.6) is 5.75 Å². The standard InChI is InChI=1S/C18H24N2O3S/c1-13(19-12-18(2,22)16-9-6-10-24-16)11-17(21)20-14-7-4-5-8-15(14)23-3/h4-10,13,19,22H,11-12H2,1-3H3,(H,20,21)/t13-,18-/m0/s1. The lowest BCUT2D eigenvalue weighted by molar-refractivity contribution is -0.116. The third-order valence-corrected chi connectivity index (χ3v) is 4.84. The van der Waals surface area contributed by atoms with Crippen molar-refractivity contribution in [2.45, 2.75) is 31.9 Å². The van der Waals surface area contributed by atoms with E-state index in [1.807, 2.05) is 36.6 Å². The number of nitrogens with one attached hydrogen (secondary N) is 2. The molecule has 0 aliphatic heterocycles. The van der Waals surface area contributed by atoms with E-state index in [-0.39, 0.29) is 11.9 Å². The monoisotopic (exact) mass is 348 g/mol. The molecule has 0 unspecified atom stereocenters. The zero-order valence-electron chi connectivity index (χ0n) is 14.2. The molecule has 2 atom stereocenters. The molecule has 0 saturated carbocycles. The molecule has 0 saturated heterocycles. The van der Waals surface area contributed by atoms with Crippen LogP contribution in [0, 0.1) is 0 Å². The van der Waals surface area contributed by atoms with Gasteiger partial charge in [0.2, 0.25) is 5.91 Å². The Bertz CT molecular complexity index is 656. The topological polar surface area (TPSA) is 70.6 Å². The summed E-state index contributed by atoms with van der Waals surface area (Å²) < 4.78 is 5.22. The summed E-state index contributed by atoms with van der Waals surface area (Å²) in [6, 6.07) is 11.1. The molecule has 1 aromatic carbocycles. The van der Waals surface area contributed by atoms with Gasteiger partial charge in [0.05, 0.1) is 12.8 Å². The number of para-hydroxylation sites is 2. The Labute approximate surface area is 146 Å². The van der Waals surface area contributed by atoms with Gasteiger partial charge in [-0.05, 0) is 37.4 Å². The second-order valence-electron chi connectivity index (χ2n) is 5.99. The predicted molar refractivity (Wildman–Crippen MR) is 97.6 cm³/mol. The molecule has 0 aliphatic rings. The molecule has 2 rings (SSSR count). The van der Waals surface area contributed by atoms with Crippen molar-refractivity contribution in [3.63, 3.8) is 0 Å². The summed E-state index contributed by atoms with van der Waals surface area (Å²) in [6.07, 6.45) is 0.304. The molecule has 130 valence electrons. The van der Waals surface area contributed by atoms with Gasteiger partial charge in [-0.15, -0.1) is 11.3 Å². The van der Waals surface area contributed by atoms with Crippen molar-refractivity contribution in [1.82, 2.24) is 5.32 Å². The largest absolute Gasteiger partial charge is 0.495 e. The summed E-state index contributed by atoms with van der Waals surface area (Å²) in [5.74, 6) is 0.530. The van der Waals surface area contributed by atoms with Crippen molar-refractivity contribution < 1.29 is 14.6 Å². The summed E-state index contributed by atoms with van der Waals surface area (Å²) in [7, 11) is 1.57. The number of thiophene rings is 1. The Balaban J connectivity index is 1.83. The number of hydrogen-bond acceptors (Lipinski definition) is 5. The van der Waals surface area contributed by atoms with Crippen LogP contribution in [-0.4, -0.2) is 30.7 Å². The van der Waals surface area contributed by atoms with Crippen LogP contribution in [0.2, 0.25) is 0 Å². The average molecular weight is 348 g/mol. The number of aliphatic hydroxyl groups is 1. The number of hydrogen-bond donors (Lipinski definition) is 3. The van der Waals surface area contributed by atoms with E-state index in [2.05, 4.69) is 10.6 Å². The van der Waals surface area contributed by atoms with Crippen LogP contribution in [0.3, 0.4) is 0 Å². The van der Waals surface area contributed by atoms with E-state index in [1.165, 1.54) is 11.3 Å². The van der Waals surface area contributed by atoms with Crippen LogP contribution >= 0.6 is 11.3 Å². The quantitative estimate of drug-likeness (QED) is 0.686. The zero-order chi connectivity index (χ0) is 17.6. The minimum absolute atomic E-state index is 0.0638. The molecule has 0 aliphatic carbocycles. The maximum Gasteiger partial charge on any atom is 0.226 e. The fourth-order valence-corrected chi connectivity index (χ4v) is 3.13. The molecule has 0 radical (unpaired) electrons. The zero-order valence-corrected chi connectivity index (χ0v) is 15.0. The minimum Gasteiger partial charge on any atom is -0.495 e. The van der Waals surface area contributed by atoms with Crippen LogP contribution in [0.15, 0.2) is 41.8 Å². The molecule has 5 nitrogen and oxygen atoms in total. The van der Waals surface area contributed by atoms with Crippen LogP contribution < -0.4 is 15.4 Å².